The maximum absolute atomic E-state index is 6.28. The summed E-state index contributed by atoms with van der Waals surface area (Å²) in [5, 5.41) is 0. The van der Waals surface area contributed by atoms with Gasteiger partial charge in [0.1, 0.15) is 5.75 Å². The fourth-order valence-corrected chi connectivity index (χ4v) is 8.01. The van der Waals surface area contributed by atoms with Gasteiger partial charge in [-0.05, 0) is 67.3 Å². The van der Waals surface area contributed by atoms with Gasteiger partial charge in [-0.15, -0.1) is 0 Å². The van der Waals surface area contributed by atoms with E-state index < -0.39 is 0 Å². The molecule has 31 heavy (non-hydrogen) atoms. The predicted molar refractivity (Wildman–Crippen MR) is 121 cm³/mol. The molecule has 0 radical (unpaired) electrons. The van der Waals surface area contributed by atoms with Crippen LogP contribution in [-0.2, 0) is 16.7 Å². The molecule has 2 saturated heterocycles. The summed E-state index contributed by atoms with van der Waals surface area (Å²) in [4.78, 5) is 5.42. The Morgan fingerprint density at radius 3 is 2.81 bits per heavy atom. The molecular formula is C27H30N2O2. The molecule has 0 N–H and O–H groups in total. The summed E-state index contributed by atoms with van der Waals surface area (Å²) in [5.41, 5.74) is 4.88. The lowest BCUT2D eigenvalue weighted by molar-refractivity contribution is -0.0300. The highest BCUT2D eigenvalue weighted by molar-refractivity contribution is 5.67. The third kappa shape index (κ3) is 2.19. The molecule has 4 heteroatoms. The van der Waals surface area contributed by atoms with E-state index in [9.17, 15) is 0 Å². The monoisotopic (exact) mass is 414 g/mol. The van der Waals surface area contributed by atoms with Crippen LogP contribution < -0.4 is 9.64 Å². The first-order chi connectivity index (χ1) is 15.3. The van der Waals surface area contributed by atoms with Gasteiger partial charge in [0.25, 0.3) is 0 Å². The fourth-order valence-electron chi connectivity index (χ4n) is 8.01. The maximum Gasteiger partial charge on any atom is 0.118 e. The van der Waals surface area contributed by atoms with Crippen molar-refractivity contribution in [2.75, 3.05) is 25.2 Å². The van der Waals surface area contributed by atoms with Crippen molar-refractivity contribution in [2.24, 2.45) is 5.41 Å². The average Bonchev–Trinajstić information content (AvgIpc) is 3.49. The van der Waals surface area contributed by atoms with Gasteiger partial charge in [0, 0.05) is 48.3 Å². The Morgan fingerprint density at radius 2 is 1.94 bits per heavy atom. The molecular weight excluding hydrogens is 384 g/mol. The van der Waals surface area contributed by atoms with Crippen LogP contribution >= 0.6 is 0 Å². The van der Waals surface area contributed by atoms with Gasteiger partial charge in [-0.25, -0.2) is 0 Å². The number of nitrogens with zero attached hydrogens (tertiary/aromatic N) is 2. The zero-order valence-corrected chi connectivity index (χ0v) is 18.2. The Morgan fingerprint density at radius 1 is 1.06 bits per heavy atom. The quantitative estimate of drug-likeness (QED) is 0.739. The van der Waals surface area contributed by atoms with E-state index in [0.717, 1.165) is 25.4 Å². The molecule has 4 aliphatic heterocycles. The van der Waals surface area contributed by atoms with Crippen molar-refractivity contribution in [1.82, 2.24) is 4.90 Å². The Kier molecular flexibility index (Phi) is 3.68. The molecule has 5 aliphatic rings. The zero-order chi connectivity index (χ0) is 20.6. The first-order valence-corrected chi connectivity index (χ1v) is 11.8. The molecule has 4 nitrogen and oxygen atoms in total. The number of benzene rings is 2. The number of para-hydroxylation sites is 1. The molecule has 160 valence electrons. The lowest BCUT2D eigenvalue weighted by Gasteiger charge is -2.57. The summed E-state index contributed by atoms with van der Waals surface area (Å²) in [6.07, 6.45) is 10.00. The summed E-state index contributed by atoms with van der Waals surface area (Å²) in [6.45, 7) is 3.04. The van der Waals surface area contributed by atoms with Crippen molar-refractivity contribution in [1.29, 1.82) is 0 Å². The summed E-state index contributed by atoms with van der Waals surface area (Å²) in [7, 11) is 1.73. The van der Waals surface area contributed by atoms with Gasteiger partial charge in [-0.3, -0.25) is 0 Å². The van der Waals surface area contributed by atoms with Crippen LogP contribution in [0.2, 0.25) is 0 Å². The second-order valence-corrected chi connectivity index (χ2v) is 10.1. The van der Waals surface area contributed by atoms with Crippen molar-refractivity contribution < 1.29 is 9.47 Å². The molecule has 7 rings (SSSR count). The molecule has 0 aromatic heterocycles. The molecule has 2 spiro atoms. The normalized spacial score (nSPS) is 36.7. The number of anilines is 1. The van der Waals surface area contributed by atoms with E-state index in [0.29, 0.717) is 18.2 Å². The second kappa shape index (κ2) is 6.29. The topological polar surface area (TPSA) is 24.9 Å². The van der Waals surface area contributed by atoms with Crippen molar-refractivity contribution in [3.8, 4) is 5.75 Å². The Hall–Kier alpha value is -2.46. The van der Waals surface area contributed by atoms with Crippen molar-refractivity contribution in [3.05, 3.63) is 71.9 Å². The van der Waals surface area contributed by atoms with Crippen LogP contribution in [0.4, 0.5) is 5.69 Å². The number of hydrogen-bond acceptors (Lipinski definition) is 4. The Balaban J connectivity index is 1.35. The van der Waals surface area contributed by atoms with Crippen LogP contribution in [0.25, 0.3) is 0 Å². The van der Waals surface area contributed by atoms with E-state index in [1.165, 1.54) is 36.9 Å². The lowest BCUT2D eigenvalue weighted by Crippen LogP contribution is -2.65. The number of ether oxygens (including phenoxy) is 2. The van der Waals surface area contributed by atoms with Crippen LogP contribution in [0, 0.1) is 5.41 Å². The van der Waals surface area contributed by atoms with E-state index in [2.05, 4.69) is 70.6 Å². The van der Waals surface area contributed by atoms with E-state index in [1.54, 1.807) is 12.7 Å². The second-order valence-electron chi connectivity index (χ2n) is 10.1. The number of hydrogen-bond donors (Lipinski definition) is 0. The molecule has 4 heterocycles. The van der Waals surface area contributed by atoms with Crippen LogP contribution in [0.3, 0.4) is 0 Å². The minimum atomic E-state index is 0.206. The Labute approximate surface area is 184 Å². The third-order valence-electron chi connectivity index (χ3n) is 9.11. The summed E-state index contributed by atoms with van der Waals surface area (Å²) in [6, 6.07) is 19.0. The lowest BCUT2D eigenvalue weighted by atomic mass is 9.52. The van der Waals surface area contributed by atoms with E-state index >= 15 is 0 Å². The number of methoxy groups -OCH3 is 1. The Bertz CT molecular complexity index is 1050. The highest BCUT2D eigenvalue weighted by Gasteiger charge is 2.70. The molecule has 1 aliphatic carbocycles. The van der Waals surface area contributed by atoms with Crippen LogP contribution in [-0.4, -0.2) is 43.3 Å². The van der Waals surface area contributed by atoms with E-state index in [1.807, 2.05) is 0 Å². The highest BCUT2D eigenvalue weighted by atomic mass is 16.5. The zero-order valence-electron chi connectivity index (χ0n) is 18.2. The van der Waals surface area contributed by atoms with Crippen molar-refractivity contribution in [2.45, 2.75) is 55.8 Å². The van der Waals surface area contributed by atoms with Crippen LogP contribution in [0.5, 0.6) is 5.75 Å². The molecule has 0 amide bonds. The standard InChI is InChI=1S/C27H30N2O2/c1-30-20-8-6-19(7-9-20)18-29-22-5-3-2-4-21(22)27-13-16-28-15-11-24-26(25(27)28,14-17-31-24)12-10-23(27)29/h2-9,11,15,23-25H,10,12-14,16-18H2,1H3/t23-,24-,25-,26-,27-/m0/s1. The molecule has 2 aromatic rings. The first kappa shape index (κ1) is 18.1. The van der Waals surface area contributed by atoms with Crippen molar-refractivity contribution >= 4 is 5.69 Å². The summed E-state index contributed by atoms with van der Waals surface area (Å²) in [5.74, 6) is 0.925. The average molecular weight is 415 g/mol. The van der Waals surface area contributed by atoms with Gasteiger partial charge in [0.05, 0.1) is 13.2 Å². The van der Waals surface area contributed by atoms with Gasteiger partial charge in [0.15, 0.2) is 0 Å². The SMILES string of the molecule is COc1ccc(CN2c3ccccc3[C@@]34CCN5C=C[C@@H]6OCC[C@]6(CC[C@H]23)[C@H]54)cc1. The minimum Gasteiger partial charge on any atom is -0.497 e. The van der Waals surface area contributed by atoms with E-state index in [4.69, 9.17) is 9.47 Å². The number of rotatable bonds is 3. The molecule has 0 unspecified atom stereocenters. The van der Waals surface area contributed by atoms with Gasteiger partial charge in [0.2, 0.25) is 0 Å². The van der Waals surface area contributed by atoms with E-state index in [-0.39, 0.29) is 10.8 Å². The minimum absolute atomic E-state index is 0.206. The highest BCUT2D eigenvalue weighted by Crippen LogP contribution is 2.66. The smallest absolute Gasteiger partial charge is 0.118 e. The van der Waals surface area contributed by atoms with Gasteiger partial charge in [-0.2, -0.15) is 0 Å². The predicted octanol–water partition coefficient (Wildman–Crippen LogP) is 4.49. The molecule has 0 bridgehead atoms. The maximum atomic E-state index is 6.28. The largest absolute Gasteiger partial charge is 0.497 e. The first-order valence-electron chi connectivity index (χ1n) is 11.8. The van der Waals surface area contributed by atoms with Crippen molar-refractivity contribution in [3.63, 3.8) is 0 Å². The van der Waals surface area contributed by atoms with Gasteiger partial charge in [-0.1, -0.05) is 30.3 Å². The molecule has 3 fully saturated rings. The summed E-state index contributed by atoms with van der Waals surface area (Å²) < 4.78 is 11.7. The van der Waals surface area contributed by atoms with Gasteiger partial charge < -0.3 is 19.3 Å². The molecule has 2 aromatic carbocycles. The van der Waals surface area contributed by atoms with Crippen LogP contribution in [0.1, 0.15) is 36.8 Å². The molecule has 5 atom stereocenters. The fraction of sp³-hybridized carbons (Fsp3) is 0.481. The van der Waals surface area contributed by atoms with Gasteiger partial charge >= 0.3 is 0 Å². The molecule has 1 saturated carbocycles. The van der Waals surface area contributed by atoms with Crippen LogP contribution in [0.15, 0.2) is 60.8 Å². The number of fused-ring (bicyclic) bond motifs is 1. The summed E-state index contributed by atoms with van der Waals surface area (Å²) >= 11 is 0. The third-order valence-corrected chi connectivity index (χ3v) is 9.11.